The summed E-state index contributed by atoms with van der Waals surface area (Å²) < 4.78 is 10.4. The van der Waals surface area contributed by atoms with Crippen LogP contribution < -0.4 is 10.6 Å². The van der Waals surface area contributed by atoms with E-state index < -0.39 is 42.0 Å². The number of nitrogens with zero attached hydrogens (tertiary/aromatic N) is 1. The first-order chi connectivity index (χ1) is 18.1. The van der Waals surface area contributed by atoms with Crippen molar-refractivity contribution in [2.75, 3.05) is 13.2 Å². The van der Waals surface area contributed by atoms with Gasteiger partial charge in [0.25, 0.3) is 5.91 Å². The van der Waals surface area contributed by atoms with Gasteiger partial charge in [-0.3, -0.25) is 14.8 Å². The number of benzene rings is 2. The van der Waals surface area contributed by atoms with Crippen LogP contribution in [0.1, 0.15) is 51.7 Å². The van der Waals surface area contributed by atoms with Crippen LogP contribution in [0.3, 0.4) is 0 Å². The van der Waals surface area contributed by atoms with Crippen molar-refractivity contribution in [1.82, 2.24) is 15.7 Å². The Morgan fingerprint density at radius 2 is 1.45 bits per heavy atom. The molecule has 1 aliphatic rings. The molecule has 0 aliphatic heterocycles. The number of hydrogen-bond acceptors (Lipinski definition) is 7. The second-order valence-corrected chi connectivity index (χ2v) is 9.53. The molecule has 3 amide bonds. The quantitative estimate of drug-likeness (QED) is 0.246. The smallest absolute Gasteiger partial charge is 0.407 e. The van der Waals surface area contributed by atoms with E-state index in [4.69, 9.17) is 9.47 Å². The fourth-order valence-corrected chi connectivity index (χ4v) is 4.38. The summed E-state index contributed by atoms with van der Waals surface area (Å²) >= 11 is 0. The maximum Gasteiger partial charge on any atom is 0.407 e. The zero-order chi connectivity index (χ0) is 28.0. The van der Waals surface area contributed by atoms with Gasteiger partial charge in [-0.2, -0.15) is 0 Å². The highest BCUT2D eigenvalue weighted by atomic mass is 16.6. The van der Waals surface area contributed by atoms with Crippen LogP contribution >= 0.6 is 0 Å². The molecule has 3 rings (SSSR count). The summed E-state index contributed by atoms with van der Waals surface area (Å²) in [6.07, 6.45) is -0.833. The van der Waals surface area contributed by atoms with Crippen LogP contribution in [0.15, 0.2) is 48.5 Å². The molecule has 0 bridgehead atoms. The van der Waals surface area contributed by atoms with Crippen molar-refractivity contribution in [3.63, 3.8) is 0 Å². The monoisotopic (exact) mass is 525 g/mol. The van der Waals surface area contributed by atoms with Gasteiger partial charge in [-0.1, -0.05) is 62.4 Å². The lowest BCUT2D eigenvalue weighted by atomic mass is 9.98. The van der Waals surface area contributed by atoms with Crippen molar-refractivity contribution in [2.24, 2.45) is 5.92 Å². The molecule has 38 heavy (non-hydrogen) atoms. The fourth-order valence-electron chi connectivity index (χ4n) is 4.38. The number of carbonyl (C=O) groups is 4. The molecule has 0 heterocycles. The zero-order valence-corrected chi connectivity index (χ0v) is 22.3. The summed E-state index contributed by atoms with van der Waals surface area (Å²) in [5.41, 5.74) is 4.28. The average Bonchev–Trinajstić information content (AvgIpc) is 3.22. The summed E-state index contributed by atoms with van der Waals surface area (Å²) in [5, 5.41) is 15.5. The number of amides is 3. The minimum Gasteiger partial charge on any atom is -0.464 e. The number of hydrogen-bond donors (Lipinski definition) is 3. The van der Waals surface area contributed by atoms with E-state index in [0.29, 0.717) is 0 Å². The number of carbonyl (C=O) groups excluding carboxylic acids is 4. The van der Waals surface area contributed by atoms with Gasteiger partial charge in [-0.05, 0) is 48.9 Å². The standard InChI is InChI=1S/C28H35N3O7/c1-6-37-27(34)24(16(2)3)30-25(32)18(5)31(36)26(33)17(4)29-28(35)38-15-23-21-13-9-7-11-19(21)20-12-8-10-14-22(20)23/h7-14,16-18,23-24,36H,6,15H2,1-5H3,(H,29,35)(H,30,32)/t17-,18-,24-/m0/s1. The maximum absolute atomic E-state index is 12.7. The number of hydroxylamine groups is 2. The van der Waals surface area contributed by atoms with E-state index in [0.717, 1.165) is 22.3 Å². The minimum atomic E-state index is -1.33. The molecule has 0 radical (unpaired) electrons. The lowest BCUT2D eigenvalue weighted by Gasteiger charge is -2.27. The van der Waals surface area contributed by atoms with E-state index in [1.807, 2.05) is 48.5 Å². The Morgan fingerprint density at radius 1 is 0.895 bits per heavy atom. The Labute approximate surface area is 222 Å². The molecule has 0 spiro atoms. The molecule has 2 aromatic carbocycles. The molecule has 3 atom stereocenters. The van der Waals surface area contributed by atoms with Gasteiger partial charge in [0.15, 0.2) is 0 Å². The first-order valence-corrected chi connectivity index (χ1v) is 12.7. The summed E-state index contributed by atoms with van der Waals surface area (Å²) in [4.78, 5) is 50.0. The SMILES string of the molecule is CCOC(=O)[C@@H](NC(=O)[C@H](C)N(O)C(=O)[C@H](C)NC(=O)OCC1c2ccccc2-c2ccccc21)C(C)C. The van der Waals surface area contributed by atoms with Gasteiger partial charge in [0, 0.05) is 5.92 Å². The Kier molecular flexibility index (Phi) is 9.46. The van der Waals surface area contributed by atoms with E-state index in [2.05, 4.69) is 10.6 Å². The third kappa shape index (κ3) is 6.31. The molecule has 0 fully saturated rings. The van der Waals surface area contributed by atoms with Gasteiger partial charge in [-0.15, -0.1) is 0 Å². The van der Waals surface area contributed by atoms with E-state index in [1.54, 1.807) is 20.8 Å². The third-order valence-electron chi connectivity index (χ3n) is 6.53. The van der Waals surface area contributed by atoms with Crippen LogP contribution in [-0.4, -0.2) is 65.5 Å². The van der Waals surface area contributed by atoms with Gasteiger partial charge < -0.3 is 20.1 Å². The van der Waals surface area contributed by atoms with Gasteiger partial charge in [0.1, 0.15) is 24.7 Å². The van der Waals surface area contributed by atoms with Crippen molar-refractivity contribution in [3.05, 3.63) is 59.7 Å². The van der Waals surface area contributed by atoms with Gasteiger partial charge in [0.2, 0.25) is 5.91 Å². The number of ether oxygens (including phenoxy) is 2. The molecule has 204 valence electrons. The van der Waals surface area contributed by atoms with E-state index in [1.165, 1.54) is 13.8 Å². The van der Waals surface area contributed by atoms with E-state index >= 15 is 0 Å². The number of nitrogens with one attached hydrogen (secondary N) is 2. The lowest BCUT2D eigenvalue weighted by Crippen LogP contribution is -2.55. The zero-order valence-electron chi connectivity index (χ0n) is 22.3. The number of alkyl carbamates (subject to hydrolysis) is 1. The summed E-state index contributed by atoms with van der Waals surface area (Å²) in [5.74, 6) is -2.70. The van der Waals surface area contributed by atoms with Crippen molar-refractivity contribution in [3.8, 4) is 11.1 Å². The van der Waals surface area contributed by atoms with Crippen molar-refractivity contribution in [1.29, 1.82) is 0 Å². The summed E-state index contributed by atoms with van der Waals surface area (Å²) in [6, 6.07) is 12.4. The highest BCUT2D eigenvalue weighted by molar-refractivity contribution is 5.92. The molecule has 0 aromatic heterocycles. The Hall–Kier alpha value is -3.92. The average molecular weight is 526 g/mol. The molecular weight excluding hydrogens is 490 g/mol. The molecule has 1 aliphatic carbocycles. The normalized spacial score (nSPS) is 14.5. The van der Waals surface area contributed by atoms with Crippen molar-refractivity contribution < 1.29 is 33.9 Å². The third-order valence-corrected chi connectivity index (χ3v) is 6.53. The Morgan fingerprint density at radius 3 is 1.97 bits per heavy atom. The topological polar surface area (TPSA) is 134 Å². The van der Waals surface area contributed by atoms with Crippen LogP contribution in [-0.2, 0) is 23.9 Å². The molecule has 0 saturated carbocycles. The first-order valence-electron chi connectivity index (χ1n) is 12.7. The number of fused-ring (bicyclic) bond motifs is 3. The molecular formula is C28H35N3O7. The molecule has 0 saturated heterocycles. The predicted octanol–water partition coefficient (Wildman–Crippen LogP) is 3.22. The van der Waals surface area contributed by atoms with Crippen molar-refractivity contribution >= 4 is 23.9 Å². The minimum absolute atomic E-state index is 0.0624. The molecule has 10 nitrogen and oxygen atoms in total. The highest BCUT2D eigenvalue weighted by Gasteiger charge is 2.34. The number of rotatable bonds is 10. The van der Waals surface area contributed by atoms with Crippen LogP contribution in [0.25, 0.3) is 11.1 Å². The van der Waals surface area contributed by atoms with Crippen LogP contribution in [0.4, 0.5) is 4.79 Å². The largest absolute Gasteiger partial charge is 0.464 e. The summed E-state index contributed by atoms with van der Waals surface area (Å²) in [7, 11) is 0. The number of esters is 1. The fraction of sp³-hybridized carbons (Fsp3) is 0.429. The first kappa shape index (κ1) is 28.6. The van der Waals surface area contributed by atoms with Gasteiger partial charge >= 0.3 is 12.1 Å². The second kappa shape index (κ2) is 12.6. The predicted molar refractivity (Wildman–Crippen MR) is 139 cm³/mol. The Balaban J connectivity index is 1.56. The van der Waals surface area contributed by atoms with Crippen LogP contribution in [0.5, 0.6) is 0 Å². The van der Waals surface area contributed by atoms with Crippen molar-refractivity contribution in [2.45, 2.75) is 58.7 Å². The molecule has 10 heteroatoms. The summed E-state index contributed by atoms with van der Waals surface area (Å²) in [6.45, 7) is 8.00. The van der Waals surface area contributed by atoms with E-state index in [-0.39, 0.29) is 30.1 Å². The van der Waals surface area contributed by atoms with Crippen LogP contribution in [0.2, 0.25) is 0 Å². The van der Waals surface area contributed by atoms with Crippen LogP contribution in [0, 0.1) is 5.92 Å². The highest BCUT2D eigenvalue weighted by Crippen LogP contribution is 2.44. The Bertz CT molecular complexity index is 1140. The molecule has 0 unspecified atom stereocenters. The van der Waals surface area contributed by atoms with Gasteiger partial charge in [0.05, 0.1) is 6.61 Å². The lowest BCUT2D eigenvalue weighted by molar-refractivity contribution is -0.180. The maximum atomic E-state index is 12.7. The van der Waals surface area contributed by atoms with E-state index in [9.17, 15) is 24.4 Å². The second-order valence-electron chi connectivity index (χ2n) is 9.53. The molecule has 3 N–H and O–H groups in total. The molecule has 2 aromatic rings. The van der Waals surface area contributed by atoms with Gasteiger partial charge in [-0.25, -0.2) is 14.7 Å².